The molecule has 0 bridgehead atoms. The molecular formula is C12H25N3S. The summed E-state index contributed by atoms with van der Waals surface area (Å²) in [5.41, 5.74) is 0. The van der Waals surface area contributed by atoms with Crippen LogP contribution in [0.5, 0.6) is 0 Å². The Morgan fingerprint density at radius 3 is 2.94 bits per heavy atom. The summed E-state index contributed by atoms with van der Waals surface area (Å²) in [4.78, 5) is 6.76. The summed E-state index contributed by atoms with van der Waals surface area (Å²) in [5, 5.41) is 4.10. The maximum atomic E-state index is 4.37. The number of nitrogens with zero attached hydrogens (tertiary/aromatic N) is 2. The third-order valence-corrected chi connectivity index (χ3v) is 4.09. The molecule has 4 heteroatoms. The summed E-state index contributed by atoms with van der Waals surface area (Å²) in [6.07, 6.45) is 4.80. The van der Waals surface area contributed by atoms with Gasteiger partial charge in [0.2, 0.25) is 0 Å². The molecule has 0 amide bonds. The Balaban J connectivity index is 2.41. The van der Waals surface area contributed by atoms with Crippen molar-refractivity contribution >= 4 is 17.7 Å². The average molecular weight is 243 g/mol. The number of rotatable bonds is 3. The van der Waals surface area contributed by atoms with Crippen LogP contribution in [0.4, 0.5) is 0 Å². The smallest absolute Gasteiger partial charge is 0.193 e. The zero-order valence-electron chi connectivity index (χ0n) is 11.0. The summed E-state index contributed by atoms with van der Waals surface area (Å²) in [6, 6.07) is 0. The normalized spacial score (nSPS) is 24.4. The van der Waals surface area contributed by atoms with E-state index in [1.54, 1.807) is 0 Å². The van der Waals surface area contributed by atoms with Crippen molar-refractivity contribution < 1.29 is 0 Å². The molecule has 0 aromatic rings. The summed E-state index contributed by atoms with van der Waals surface area (Å²) < 4.78 is 0. The zero-order chi connectivity index (χ0) is 12.0. The molecule has 0 spiro atoms. The van der Waals surface area contributed by atoms with Gasteiger partial charge in [0, 0.05) is 31.9 Å². The van der Waals surface area contributed by atoms with Crippen molar-refractivity contribution in [2.24, 2.45) is 10.9 Å². The molecule has 0 aromatic carbocycles. The van der Waals surface area contributed by atoms with E-state index in [0.717, 1.165) is 31.5 Å². The highest BCUT2D eigenvalue weighted by atomic mass is 32.2. The third kappa shape index (κ3) is 4.24. The Hall–Kier alpha value is -0.380. The van der Waals surface area contributed by atoms with Gasteiger partial charge in [0.1, 0.15) is 0 Å². The number of nitrogens with one attached hydrogen (secondary N) is 1. The third-order valence-electron chi connectivity index (χ3n) is 3.12. The molecule has 16 heavy (non-hydrogen) atoms. The lowest BCUT2D eigenvalue weighted by molar-refractivity contribution is 0.266. The number of likely N-dealkylation sites (tertiary alicyclic amines) is 1. The Labute approximate surface area is 104 Å². The van der Waals surface area contributed by atoms with E-state index in [-0.39, 0.29) is 0 Å². The van der Waals surface area contributed by atoms with Gasteiger partial charge in [-0.05, 0) is 25.0 Å². The van der Waals surface area contributed by atoms with E-state index in [4.69, 9.17) is 0 Å². The van der Waals surface area contributed by atoms with E-state index in [1.807, 2.05) is 18.8 Å². The van der Waals surface area contributed by atoms with Gasteiger partial charge in [-0.2, -0.15) is 11.8 Å². The van der Waals surface area contributed by atoms with Gasteiger partial charge in [0.15, 0.2) is 5.96 Å². The fourth-order valence-corrected chi connectivity index (χ4v) is 2.28. The molecule has 0 saturated carbocycles. The van der Waals surface area contributed by atoms with Crippen molar-refractivity contribution in [2.75, 3.05) is 32.9 Å². The van der Waals surface area contributed by atoms with E-state index < -0.39 is 0 Å². The van der Waals surface area contributed by atoms with Crippen molar-refractivity contribution in [3.8, 4) is 0 Å². The predicted molar refractivity (Wildman–Crippen MR) is 74.3 cm³/mol. The largest absolute Gasteiger partial charge is 0.355 e. The van der Waals surface area contributed by atoms with Crippen LogP contribution in [-0.2, 0) is 0 Å². The number of aliphatic imine (C=N–C) groups is 1. The lowest BCUT2D eigenvalue weighted by Crippen LogP contribution is -2.47. The highest BCUT2D eigenvalue weighted by molar-refractivity contribution is 7.99. The molecule has 1 aliphatic heterocycles. The van der Waals surface area contributed by atoms with E-state index in [1.165, 1.54) is 12.8 Å². The van der Waals surface area contributed by atoms with E-state index >= 15 is 0 Å². The van der Waals surface area contributed by atoms with Crippen molar-refractivity contribution in [1.82, 2.24) is 10.2 Å². The van der Waals surface area contributed by atoms with Gasteiger partial charge in [-0.1, -0.05) is 13.8 Å². The lowest BCUT2D eigenvalue weighted by Gasteiger charge is -2.33. The zero-order valence-corrected chi connectivity index (χ0v) is 11.8. The first-order valence-corrected chi connectivity index (χ1v) is 7.44. The van der Waals surface area contributed by atoms with Crippen LogP contribution in [0.15, 0.2) is 4.99 Å². The first-order chi connectivity index (χ1) is 7.67. The predicted octanol–water partition coefficient (Wildman–Crippen LogP) is 2.05. The Morgan fingerprint density at radius 2 is 2.38 bits per heavy atom. The minimum Gasteiger partial charge on any atom is -0.355 e. The van der Waals surface area contributed by atoms with Gasteiger partial charge in [-0.15, -0.1) is 0 Å². The molecule has 1 N–H and O–H groups in total. The van der Waals surface area contributed by atoms with E-state index in [2.05, 4.69) is 35.3 Å². The van der Waals surface area contributed by atoms with E-state index in [9.17, 15) is 0 Å². The molecule has 1 fully saturated rings. The molecule has 0 aromatic heterocycles. The van der Waals surface area contributed by atoms with Gasteiger partial charge in [0.25, 0.3) is 0 Å². The minimum atomic E-state index is 0.638. The average Bonchev–Trinajstić information content (AvgIpc) is 2.29. The highest BCUT2D eigenvalue weighted by Crippen LogP contribution is 2.15. The first kappa shape index (κ1) is 13.7. The monoisotopic (exact) mass is 243 g/mol. The maximum absolute atomic E-state index is 4.37. The lowest BCUT2D eigenvalue weighted by atomic mass is 10.0. The summed E-state index contributed by atoms with van der Waals surface area (Å²) >= 11 is 1.89. The molecule has 1 aliphatic rings. The molecule has 94 valence electrons. The maximum Gasteiger partial charge on any atom is 0.193 e. The number of guanidine groups is 1. The van der Waals surface area contributed by atoms with Gasteiger partial charge < -0.3 is 10.2 Å². The molecule has 0 aliphatic carbocycles. The van der Waals surface area contributed by atoms with Crippen LogP contribution in [-0.4, -0.2) is 49.0 Å². The van der Waals surface area contributed by atoms with Crippen LogP contribution in [0.3, 0.4) is 0 Å². The Morgan fingerprint density at radius 1 is 1.62 bits per heavy atom. The molecule has 2 unspecified atom stereocenters. The molecule has 1 saturated heterocycles. The number of thioether (sulfide) groups is 1. The van der Waals surface area contributed by atoms with E-state index in [0.29, 0.717) is 5.25 Å². The van der Waals surface area contributed by atoms with Crippen molar-refractivity contribution in [3.05, 3.63) is 0 Å². The standard InChI is InChI=1S/C12H25N3S/c1-10-6-5-7-15(9-10)12(13-3)14-8-11(2)16-4/h10-11H,5-9H2,1-4H3,(H,13,14). The second-order valence-electron chi connectivity index (χ2n) is 4.67. The second kappa shape index (κ2) is 7.05. The quantitative estimate of drug-likeness (QED) is 0.607. The molecular weight excluding hydrogens is 218 g/mol. The van der Waals surface area contributed by atoms with Gasteiger partial charge in [-0.25, -0.2) is 0 Å². The van der Waals surface area contributed by atoms with Crippen molar-refractivity contribution in [2.45, 2.75) is 31.9 Å². The molecule has 1 heterocycles. The molecule has 2 atom stereocenters. The second-order valence-corrected chi connectivity index (χ2v) is 5.94. The molecule has 0 radical (unpaired) electrons. The summed E-state index contributed by atoms with van der Waals surface area (Å²) in [5.74, 6) is 1.87. The summed E-state index contributed by atoms with van der Waals surface area (Å²) in [6.45, 7) is 7.86. The van der Waals surface area contributed by atoms with Crippen LogP contribution in [0.1, 0.15) is 26.7 Å². The fourth-order valence-electron chi connectivity index (χ4n) is 2.03. The Kier molecular flexibility index (Phi) is 6.03. The number of hydrogen-bond donors (Lipinski definition) is 1. The van der Waals surface area contributed by atoms with Crippen LogP contribution >= 0.6 is 11.8 Å². The van der Waals surface area contributed by atoms with Gasteiger partial charge in [-0.3, -0.25) is 4.99 Å². The van der Waals surface area contributed by atoms with Gasteiger partial charge in [0.05, 0.1) is 0 Å². The highest BCUT2D eigenvalue weighted by Gasteiger charge is 2.19. The van der Waals surface area contributed by atoms with Crippen LogP contribution in [0.25, 0.3) is 0 Å². The molecule has 3 nitrogen and oxygen atoms in total. The van der Waals surface area contributed by atoms with Crippen LogP contribution < -0.4 is 5.32 Å². The van der Waals surface area contributed by atoms with Crippen LogP contribution in [0, 0.1) is 5.92 Å². The fraction of sp³-hybridized carbons (Fsp3) is 0.917. The SMILES string of the molecule is CN=C(NCC(C)SC)N1CCCC(C)C1. The number of piperidine rings is 1. The summed E-state index contributed by atoms with van der Waals surface area (Å²) in [7, 11) is 1.88. The van der Waals surface area contributed by atoms with Crippen LogP contribution in [0.2, 0.25) is 0 Å². The number of hydrogen-bond acceptors (Lipinski definition) is 2. The topological polar surface area (TPSA) is 27.6 Å². The molecule has 1 rings (SSSR count). The van der Waals surface area contributed by atoms with Crippen molar-refractivity contribution in [1.29, 1.82) is 0 Å². The van der Waals surface area contributed by atoms with Gasteiger partial charge >= 0.3 is 0 Å². The Bertz CT molecular complexity index is 230. The van der Waals surface area contributed by atoms with Crippen molar-refractivity contribution in [3.63, 3.8) is 0 Å². The minimum absolute atomic E-state index is 0.638. The first-order valence-electron chi connectivity index (χ1n) is 6.15.